The van der Waals surface area contributed by atoms with Crippen LogP contribution in [0, 0.1) is 0 Å². The third-order valence-electron chi connectivity index (χ3n) is 2.52. The molecule has 0 heterocycles. The van der Waals surface area contributed by atoms with Gasteiger partial charge in [0.15, 0.2) is 0 Å². The lowest BCUT2D eigenvalue weighted by Gasteiger charge is -2.15. The van der Waals surface area contributed by atoms with Crippen molar-refractivity contribution in [3.8, 4) is 5.75 Å². The summed E-state index contributed by atoms with van der Waals surface area (Å²) in [5.41, 5.74) is 1.20. The highest BCUT2D eigenvalue weighted by molar-refractivity contribution is 5.86. The molecule has 1 aromatic carbocycles. The van der Waals surface area contributed by atoms with E-state index >= 15 is 0 Å². The molecule has 0 unspecified atom stereocenters. The molecule has 0 aliphatic heterocycles. The number of rotatable bonds is 6. The maximum absolute atomic E-state index is 10.6. The molecule has 0 radical (unpaired) electrons. The molecule has 4 heteroatoms. The van der Waals surface area contributed by atoms with Gasteiger partial charge in [-0.15, -0.1) is 0 Å². The summed E-state index contributed by atoms with van der Waals surface area (Å²) in [6.45, 7) is 5.69. The van der Waals surface area contributed by atoms with Crippen molar-refractivity contribution in [2.75, 3.05) is 13.7 Å². The molecule has 0 aromatic heterocycles. The average molecular weight is 235 g/mol. The van der Waals surface area contributed by atoms with E-state index in [-0.39, 0.29) is 18.2 Å². The quantitative estimate of drug-likeness (QED) is 0.740. The summed E-state index contributed by atoms with van der Waals surface area (Å²) >= 11 is 0. The van der Waals surface area contributed by atoms with Crippen LogP contribution in [-0.4, -0.2) is 24.7 Å². The topological polar surface area (TPSA) is 58.6 Å². The van der Waals surface area contributed by atoms with Gasteiger partial charge in [0.1, 0.15) is 5.75 Å². The Morgan fingerprint density at radius 3 is 2.88 bits per heavy atom. The summed E-state index contributed by atoms with van der Waals surface area (Å²) in [5.74, 6) is -0.191. The summed E-state index contributed by atoms with van der Waals surface area (Å²) in [7, 11) is 1.61. The molecule has 1 atom stereocenters. The summed E-state index contributed by atoms with van der Waals surface area (Å²) in [6.07, 6.45) is 0. The van der Waals surface area contributed by atoms with E-state index in [4.69, 9.17) is 9.84 Å². The van der Waals surface area contributed by atoms with E-state index in [1.807, 2.05) is 31.2 Å². The van der Waals surface area contributed by atoms with Crippen molar-refractivity contribution in [3.63, 3.8) is 0 Å². The molecule has 0 spiro atoms. The van der Waals surface area contributed by atoms with E-state index in [1.165, 1.54) is 0 Å². The van der Waals surface area contributed by atoms with Gasteiger partial charge in [-0.25, -0.2) is 4.79 Å². The first-order valence-electron chi connectivity index (χ1n) is 5.33. The zero-order valence-electron chi connectivity index (χ0n) is 10.1. The van der Waals surface area contributed by atoms with Crippen LogP contribution in [0.2, 0.25) is 0 Å². The first-order chi connectivity index (χ1) is 8.04. The molecule has 1 aromatic rings. The van der Waals surface area contributed by atoms with Crippen LogP contribution in [0.1, 0.15) is 18.5 Å². The lowest BCUT2D eigenvalue weighted by molar-refractivity contribution is -0.132. The van der Waals surface area contributed by atoms with Gasteiger partial charge >= 0.3 is 5.97 Å². The first-order valence-corrected chi connectivity index (χ1v) is 5.33. The normalized spacial score (nSPS) is 11.9. The van der Waals surface area contributed by atoms with Gasteiger partial charge in [-0.05, 0) is 24.6 Å². The van der Waals surface area contributed by atoms with E-state index in [2.05, 4.69) is 11.9 Å². The Morgan fingerprint density at radius 2 is 2.29 bits per heavy atom. The zero-order valence-corrected chi connectivity index (χ0v) is 10.1. The molecule has 0 bridgehead atoms. The second-order valence-corrected chi connectivity index (χ2v) is 3.79. The lowest BCUT2D eigenvalue weighted by atomic mass is 10.1. The molecule has 92 valence electrons. The van der Waals surface area contributed by atoms with Crippen molar-refractivity contribution in [2.45, 2.75) is 13.0 Å². The second kappa shape index (κ2) is 6.06. The van der Waals surface area contributed by atoms with Crippen LogP contribution in [0.25, 0.3) is 0 Å². The van der Waals surface area contributed by atoms with E-state index in [1.54, 1.807) is 7.11 Å². The average Bonchev–Trinajstić information content (AvgIpc) is 2.35. The van der Waals surface area contributed by atoms with Gasteiger partial charge in [0.25, 0.3) is 0 Å². The predicted octanol–water partition coefficient (Wildman–Crippen LogP) is 1.99. The number of ether oxygens (including phenoxy) is 1. The third-order valence-corrected chi connectivity index (χ3v) is 2.52. The van der Waals surface area contributed by atoms with Crippen molar-refractivity contribution in [1.82, 2.24) is 5.32 Å². The minimum Gasteiger partial charge on any atom is -0.497 e. The summed E-state index contributed by atoms with van der Waals surface area (Å²) in [5, 5.41) is 11.8. The van der Waals surface area contributed by atoms with E-state index < -0.39 is 5.97 Å². The number of benzene rings is 1. The molecule has 17 heavy (non-hydrogen) atoms. The van der Waals surface area contributed by atoms with Crippen molar-refractivity contribution in [1.29, 1.82) is 0 Å². The van der Waals surface area contributed by atoms with Crippen LogP contribution in [0.3, 0.4) is 0 Å². The van der Waals surface area contributed by atoms with Crippen molar-refractivity contribution in [3.05, 3.63) is 42.0 Å². The molecule has 4 nitrogen and oxygen atoms in total. The Hall–Kier alpha value is -1.81. The van der Waals surface area contributed by atoms with Gasteiger partial charge in [-0.3, -0.25) is 0 Å². The Balaban J connectivity index is 2.60. The van der Waals surface area contributed by atoms with Gasteiger partial charge < -0.3 is 15.2 Å². The lowest BCUT2D eigenvalue weighted by Crippen LogP contribution is -2.23. The molecule has 2 N–H and O–H groups in total. The SMILES string of the molecule is C=C(CN[C@@H](C)c1cccc(OC)c1)C(=O)O. The summed E-state index contributed by atoms with van der Waals surface area (Å²) in [4.78, 5) is 10.6. The number of hydrogen-bond donors (Lipinski definition) is 2. The highest BCUT2D eigenvalue weighted by Gasteiger charge is 2.08. The van der Waals surface area contributed by atoms with Crippen molar-refractivity contribution >= 4 is 5.97 Å². The number of aliphatic carboxylic acids is 1. The minimum atomic E-state index is -0.977. The van der Waals surface area contributed by atoms with Gasteiger partial charge in [0.2, 0.25) is 0 Å². The highest BCUT2D eigenvalue weighted by atomic mass is 16.5. The van der Waals surface area contributed by atoms with Crippen LogP contribution in [0.4, 0.5) is 0 Å². The summed E-state index contributed by atoms with van der Waals surface area (Å²) in [6, 6.07) is 7.69. The zero-order chi connectivity index (χ0) is 12.8. The van der Waals surface area contributed by atoms with Crippen molar-refractivity contribution < 1.29 is 14.6 Å². The number of methoxy groups -OCH3 is 1. The highest BCUT2D eigenvalue weighted by Crippen LogP contribution is 2.18. The Labute approximate surface area is 101 Å². The Bertz CT molecular complexity index is 415. The van der Waals surface area contributed by atoms with E-state index in [0.717, 1.165) is 11.3 Å². The fraction of sp³-hybridized carbons (Fsp3) is 0.308. The van der Waals surface area contributed by atoms with E-state index in [0.29, 0.717) is 0 Å². The number of hydrogen-bond acceptors (Lipinski definition) is 3. The molecular formula is C13H17NO3. The predicted molar refractivity (Wildman–Crippen MR) is 66.2 cm³/mol. The van der Waals surface area contributed by atoms with Gasteiger partial charge in [-0.1, -0.05) is 18.7 Å². The number of carboxylic acids is 1. The monoisotopic (exact) mass is 235 g/mol. The fourth-order valence-corrected chi connectivity index (χ4v) is 1.38. The van der Waals surface area contributed by atoms with Crippen LogP contribution in [0.15, 0.2) is 36.4 Å². The molecule has 0 saturated carbocycles. The van der Waals surface area contributed by atoms with Crippen LogP contribution < -0.4 is 10.1 Å². The maximum Gasteiger partial charge on any atom is 0.332 e. The van der Waals surface area contributed by atoms with Crippen LogP contribution in [0.5, 0.6) is 5.75 Å². The molecule has 0 fully saturated rings. The van der Waals surface area contributed by atoms with Crippen LogP contribution >= 0.6 is 0 Å². The fourth-order valence-electron chi connectivity index (χ4n) is 1.38. The molecular weight excluding hydrogens is 218 g/mol. The summed E-state index contributed by atoms with van der Waals surface area (Å²) < 4.78 is 5.13. The maximum atomic E-state index is 10.6. The van der Waals surface area contributed by atoms with Gasteiger partial charge in [-0.2, -0.15) is 0 Å². The van der Waals surface area contributed by atoms with Crippen LogP contribution in [-0.2, 0) is 4.79 Å². The Morgan fingerprint density at radius 1 is 1.59 bits per heavy atom. The largest absolute Gasteiger partial charge is 0.497 e. The minimum absolute atomic E-state index is 0.0428. The number of nitrogens with one attached hydrogen (secondary N) is 1. The molecule has 0 aliphatic rings. The van der Waals surface area contributed by atoms with Crippen molar-refractivity contribution in [2.24, 2.45) is 0 Å². The molecule has 0 aliphatic carbocycles. The third kappa shape index (κ3) is 3.92. The number of carboxylic acid groups (broad SMARTS) is 1. The van der Waals surface area contributed by atoms with Gasteiger partial charge in [0.05, 0.1) is 7.11 Å². The first kappa shape index (κ1) is 13.3. The smallest absolute Gasteiger partial charge is 0.332 e. The molecule has 0 amide bonds. The second-order valence-electron chi connectivity index (χ2n) is 3.79. The Kier molecular flexibility index (Phi) is 4.72. The standard InChI is InChI=1S/C13H17NO3/c1-9(13(15)16)8-14-10(2)11-5-4-6-12(7-11)17-3/h4-7,10,14H,1,8H2,2-3H3,(H,15,16)/t10-/m0/s1. The van der Waals surface area contributed by atoms with E-state index in [9.17, 15) is 4.79 Å². The molecule has 1 rings (SSSR count). The number of carbonyl (C=O) groups is 1. The molecule has 0 saturated heterocycles. The van der Waals surface area contributed by atoms with Gasteiger partial charge in [0, 0.05) is 18.2 Å².